The number of hydrogen-bond donors (Lipinski definition) is 2. The number of aliphatic hydroxyl groups is 2. The average Bonchev–Trinajstić information content (AvgIpc) is 3.28. The first-order chi connectivity index (χ1) is 12.6. The molecule has 3 unspecified atom stereocenters. The number of hydrogen-bond acceptors (Lipinski definition) is 7. The third-order valence-corrected chi connectivity index (χ3v) is 6.92. The minimum absolute atomic E-state index is 0.316. The van der Waals surface area contributed by atoms with Gasteiger partial charge in [0.1, 0.15) is 18.3 Å². The van der Waals surface area contributed by atoms with Crippen LogP contribution in [-0.2, 0) is 23.7 Å². The molecule has 2 saturated carbocycles. The van der Waals surface area contributed by atoms with Crippen LogP contribution in [0.25, 0.3) is 0 Å². The molecule has 5 atom stereocenters. The zero-order valence-corrected chi connectivity index (χ0v) is 15.2. The van der Waals surface area contributed by atoms with Crippen LogP contribution in [0.4, 0.5) is 0 Å². The Kier molecular flexibility index (Phi) is 4.36. The fraction of sp³-hybridized carbons (Fsp3) is 1.00. The van der Waals surface area contributed by atoms with Gasteiger partial charge in [-0.15, -0.1) is 0 Å². The molecule has 5 fully saturated rings. The number of aliphatic hydroxyl groups excluding tert-OH is 2. The standard InChI is InChI=1S/C19H30O7/c20-12-19-15(25-18(26-19)9-5-2-6-10-18)14(23-16(19)21)13-11-22-17(24-13)7-3-1-4-8-17/h13-16,20-21H,1-12H2/t13?,14-,15?,16?,19+/m0/s1. The second-order valence-electron chi connectivity index (χ2n) is 8.62. The summed E-state index contributed by atoms with van der Waals surface area (Å²) in [7, 11) is 0. The highest BCUT2D eigenvalue weighted by Crippen LogP contribution is 2.53. The van der Waals surface area contributed by atoms with Gasteiger partial charge < -0.3 is 33.9 Å². The molecule has 0 radical (unpaired) electrons. The fourth-order valence-corrected chi connectivity index (χ4v) is 5.52. The summed E-state index contributed by atoms with van der Waals surface area (Å²) >= 11 is 0. The Hall–Kier alpha value is -0.280. The number of rotatable bonds is 2. The Balaban J connectivity index is 1.37. The van der Waals surface area contributed by atoms with E-state index in [-0.39, 0.29) is 12.7 Å². The van der Waals surface area contributed by atoms with E-state index in [1.54, 1.807) is 0 Å². The van der Waals surface area contributed by atoms with E-state index in [9.17, 15) is 10.2 Å². The van der Waals surface area contributed by atoms with E-state index in [0.29, 0.717) is 6.61 Å². The maximum atomic E-state index is 10.6. The van der Waals surface area contributed by atoms with E-state index in [1.807, 2.05) is 0 Å². The van der Waals surface area contributed by atoms with Crippen LogP contribution in [0.1, 0.15) is 64.2 Å². The number of fused-ring (bicyclic) bond motifs is 1. The van der Waals surface area contributed by atoms with Gasteiger partial charge in [-0.3, -0.25) is 0 Å². The fourth-order valence-electron chi connectivity index (χ4n) is 5.52. The van der Waals surface area contributed by atoms with Gasteiger partial charge in [0, 0.05) is 25.7 Å². The molecule has 3 heterocycles. The van der Waals surface area contributed by atoms with Crippen molar-refractivity contribution in [2.75, 3.05) is 13.2 Å². The molecule has 26 heavy (non-hydrogen) atoms. The third-order valence-electron chi connectivity index (χ3n) is 6.92. The van der Waals surface area contributed by atoms with Crippen molar-refractivity contribution < 1.29 is 33.9 Å². The minimum atomic E-state index is -1.23. The van der Waals surface area contributed by atoms with Crippen LogP contribution in [-0.4, -0.2) is 65.2 Å². The smallest absolute Gasteiger partial charge is 0.189 e. The van der Waals surface area contributed by atoms with Gasteiger partial charge >= 0.3 is 0 Å². The SMILES string of the molecule is OC[C@@]12OC3(CCCCC3)OC1[C@H](C1COC3(CCCCC3)O1)OC2O. The van der Waals surface area contributed by atoms with Crippen molar-refractivity contribution in [3.8, 4) is 0 Å². The molecule has 7 heteroatoms. The Labute approximate surface area is 153 Å². The zero-order valence-electron chi connectivity index (χ0n) is 15.2. The summed E-state index contributed by atoms with van der Waals surface area (Å²) in [5, 5.41) is 20.7. The normalized spacial score (nSPS) is 46.8. The monoisotopic (exact) mass is 370 g/mol. The lowest BCUT2D eigenvalue weighted by molar-refractivity contribution is -0.281. The third kappa shape index (κ3) is 2.59. The van der Waals surface area contributed by atoms with Gasteiger partial charge in [-0.2, -0.15) is 0 Å². The predicted molar refractivity (Wildman–Crippen MR) is 89.1 cm³/mol. The highest BCUT2D eigenvalue weighted by atomic mass is 16.8. The summed E-state index contributed by atoms with van der Waals surface area (Å²) in [6, 6.07) is 0. The zero-order chi connectivity index (χ0) is 17.8. The van der Waals surface area contributed by atoms with Gasteiger partial charge in [-0.05, 0) is 25.7 Å². The molecule has 0 aromatic rings. The first-order valence-electron chi connectivity index (χ1n) is 10.2. The Morgan fingerprint density at radius 3 is 2.15 bits per heavy atom. The van der Waals surface area contributed by atoms with Crippen LogP contribution in [0.2, 0.25) is 0 Å². The van der Waals surface area contributed by atoms with Crippen LogP contribution in [0.3, 0.4) is 0 Å². The molecule has 0 bridgehead atoms. The molecular formula is C19H30O7. The summed E-state index contributed by atoms with van der Waals surface area (Å²) in [6.45, 7) is 0.0849. The van der Waals surface area contributed by atoms with E-state index in [2.05, 4.69) is 0 Å². The van der Waals surface area contributed by atoms with Crippen LogP contribution in [0.15, 0.2) is 0 Å². The molecule has 7 nitrogen and oxygen atoms in total. The van der Waals surface area contributed by atoms with E-state index >= 15 is 0 Å². The highest BCUT2D eigenvalue weighted by Gasteiger charge is 2.69. The Morgan fingerprint density at radius 1 is 0.846 bits per heavy atom. The average molecular weight is 370 g/mol. The summed E-state index contributed by atoms with van der Waals surface area (Å²) in [5.41, 5.74) is -1.23. The van der Waals surface area contributed by atoms with Gasteiger partial charge in [-0.1, -0.05) is 12.8 Å². The van der Waals surface area contributed by atoms with E-state index < -0.39 is 35.7 Å². The van der Waals surface area contributed by atoms with Gasteiger partial charge in [0.15, 0.2) is 23.5 Å². The largest absolute Gasteiger partial charge is 0.393 e. The Bertz CT molecular complexity index is 528. The molecule has 2 aliphatic carbocycles. The molecule has 0 aromatic carbocycles. The van der Waals surface area contributed by atoms with E-state index in [4.69, 9.17) is 23.7 Å². The molecule has 2 N–H and O–H groups in total. The van der Waals surface area contributed by atoms with E-state index in [0.717, 1.165) is 57.8 Å². The van der Waals surface area contributed by atoms with Crippen molar-refractivity contribution >= 4 is 0 Å². The van der Waals surface area contributed by atoms with Crippen molar-refractivity contribution in [3.05, 3.63) is 0 Å². The highest BCUT2D eigenvalue weighted by molar-refractivity contribution is 5.11. The first-order valence-corrected chi connectivity index (χ1v) is 10.2. The molecule has 0 amide bonds. The van der Waals surface area contributed by atoms with Crippen LogP contribution < -0.4 is 0 Å². The maximum absolute atomic E-state index is 10.6. The summed E-state index contributed by atoms with van der Waals surface area (Å²) in [5.74, 6) is -1.22. The topological polar surface area (TPSA) is 86.6 Å². The molecule has 5 aliphatic rings. The number of ether oxygens (including phenoxy) is 5. The van der Waals surface area contributed by atoms with Crippen molar-refractivity contribution in [2.45, 2.75) is 106 Å². The molecule has 2 spiro atoms. The minimum Gasteiger partial charge on any atom is -0.393 e. The molecule has 3 saturated heterocycles. The quantitative estimate of drug-likeness (QED) is 0.763. The lowest BCUT2D eigenvalue weighted by Gasteiger charge is -2.35. The summed E-state index contributed by atoms with van der Waals surface area (Å²) in [6.07, 6.45) is 7.43. The van der Waals surface area contributed by atoms with Gasteiger partial charge in [0.2, 0.25) is 0 Å². The second kappa shape index (κ2) is 6.37. The molecular weight excluding hydrogens is 340 g/mol. The first kappa shape index (κ1) is 17.8. The van der Waals surface area contributed by atoms with Crippen LogP contribution >= 0.6 is 0 Å². The summed E-state index contributed by atoms with van der Waals surface area (Å²) in [4.78, 5) is 0. The summed E-state index contributed by atoms with van der Waals surface area (Å²) < 4.78 is 30.8. The van der Waals surface area contributed by atoms with E-state index in [1.165, 1.54) is 6.42 Å². The lowest BCUT2D eigenvalue weighted by atomic mass is 9.93. The second-order valence-corrected chi connectivity index (χ2v) is 8.62. The molecule has 0 aromatic heterocycles. The van der Waals surface area contributed by atoms with Crippen molar-refractivity contribution in [3.63, 3.8) is 0 Å². The maximum Gasteiger partial charge on any atom is 0.189 e. The molecule has 148 valence electrons. The van der Waals surface area contributed by atoms with Crippen LogP contribution in [0, 0.1) is 0 Å². The lowest BCUT2D eigenvalue weighted by Crippen LogP contribution is -2.51. The van der Waals surface area contributed by atoms with Crippen LogP contribution in [0.5, 0.6) is 0 Å². The van der Waals surface area contributed by atoms with Gasteiger partial charge in [0.25, 0.3) is 0 Å². The molecule has 3 aliphatic heterocycles. The van der Waals surface area contributed by atoms with Crippen molar-refractivity contribution in [2.24, 2.45) is 0 Å². The predicted octanol–water partition coefficient (Wildman–Crippen LogP) is 1.59. The van der Waals surface area contributed by atoms with Gasteiger partial charge in [-0.25, -0.2) is 0 Å². The van der Waals surface area contributed by atoms with Gasteiger partial charge in [0.05, 0.1) is 13.2 Å². The molecule has 5 rings (SSSR count). The Morgan fingerprint density at radius 2 is 1.50 bits per heavy atom. The van der Waals surface area contributed by atoms with Crippen molar-refractivity contribution in [1.29, 1.82) is 0 Å². The van der Waals surface area contributed by atoms with Crippen molar-refractivity contribution in [1.82, 2.24) is 0 Å².